The molecule has 0 bridgehead atoms. The molecule has 1 heterocycles. The van der Waals surface area contributed by atoms with Gasteiger partial charge in [-0.3, -0.25) is 14.5 Å². The Labute approximate surface area is 220 Å². The molecule has 37 heavy (non-hydrogen) atoms. The fourth-order valence-corrected chi connectivity index (χ4v) is 5.07. The van der Waals surface area contributed by atoms with Crippen molar-refractivity contribution in [3.8, 4) is 6.07 Å². The molecule has 0 spiro atoms. The van der Waals surface area contributed by atoms with Crippen LogP contribution in [0.5, 0.6) is 0 Å². The summed E-state index contributed by atoms with van der Waals surface area (Å²) in [6, 6.07) is 25.9. The van der Waals surface area contributed by atoms with Crippen molar-refractivity contribution in [1.29, 1.82) is 5.26 Å². The zero-order valence-electron chi connectivity index (χ0n) is 21.5. The molecule has 1 aliphatic heterocycles. The number of carbonyl (C=O) groups is 2. The standard InChI is InChI=1S/C31H32BN3O2/c1-22-7-11-24(12-8-22)29(25-13-9-23(2)10-14-25)30(37)34-19-26(36)20-35-17-15-31(21-33,16-18-35)27-5-3-4-6-28(27)32/h3-14,29H,15-20H2,1-2H3,(H,34,37). The topological polar surface area (TPSA) is 73.2 Å². The second-order valence-corrected chi connectivity index (χ2v) is 10.1. The lowest BCUT2D eigenvalue weighted by atomic mass is 9.69. The minimum absolute atomic E-state index is 0.0292. The third-order valence-electron chi connectivity index (χ3n) is 7.34. The highest BCUT2D eigenvalue weighted by atomic mass is 16.2. The van der Waals surface area contributed by atoms with Gasteiger partial charge in [0.15, 0.2) is 5.78 Å². The number of nitrogens with one attached hydrogen (secondary N) is 1. The lowest BCUT2D eigenvalue weighted by Gasteiger charge is -2.38. The second-order valence-electron chi connectivity index (χ2n) is 10.1. The van der Waals surface area contributed by atoms with E-state index in [9.17, 15) is 14.9 Å². The molecule has 1 aliphatic rings. The minimum Gasteiger partial charge on any atom is -0.348 e. The van der Waals surface area contributed by atoms with Crippen LogP contribution < -0.4 is 10.8 Å². The lowest BCUT2D eigenvalue weighted by Crippen LogP contribution is -2.46. The zero-order chi connectivity index (χ0) is 26.4. The summed E-state index contributed by atoms with van der Waals surface area (Å²) in [5.41, 5.74) is 4.90. The molecule has 3 aromatic carbocycles. The Balaban J connectivity index is 1.36. The van der Waals surface area contributed by atoms with Crippen LogP contribution in [0.2, 0.25) is 0 Å². The summed E-state index contributed by atoms with van der Waals surface area (Å²) in [6.45, 7) is 5.48. The summed E-state index contributed by atoms with van der Waals surface area (Å²) >= 11 is 0. The second kappa shape index (κ2) is 11.6. The number of hydrogen-bond donors (Lipinski definition) is 1. The fraction of sp³-hybridized carbons (Fsp3) is 0.323. The van der Waals surface area contributed by atoms with E-state index in [1.54, 1.807) is 0 Å². The van der Waals surface area contributed by atoms with E-state index in [4.69, 9.17) is 7.85 Å². The van der Waals surface area contributed by atoms with Crippen molar-refractivity contribution < 1.29 is 9.59 Å². The molecule has 186 valence electrons. The summed E-state index contributed by atoms with van der Waals surface area (Å²) in [4.78, 5) is 28.2. The quantitative estimate of drug-likeness (QED) is 0.492. The number of amides is 1. The molecule has 1 amide bonds. The van der Waals surface area contributed by atoms with Gasteiger partial charge in [-0.15, -0.1) is 0 Å². The third kappa shape index (κ3) is 6.18. The first kappa shape index (κ1) is 26.4. The summed E-state index contributed by atoms with van der Waals surface area (Å²) in [5, 5.41) is 12.8. The molecule has 2 radical (unpaired) electrons. The number of aryl methyl sites for hydroxylation is 2. The van der Waals surface area contributed by atoms with Crippen LogP contribution in [0.15, 0.2) is 72.8 Å². The van der Waals surface area contributed by atoms with Gasteiger partial charge in [-0.25, -0.2) is 0 Å². The molecule has 3 aromatic rings. The van der Waals surface area contributed by atoms with Crippen molar-refractivity contribution in [3.05, 3.63) is 101 Å². The molecular weight excluding hydrogens is 457 g/mol. The highest BCUT2D eigenvalue weighted by Gasteiger charge is 2.37. The van der Waals surface area contributed by atoms with Crippen molar-refractivity contribution in [3.63, 3.8) is 0 Å². The van der Waals surface area contributed by atoms with Crippen LogP contribution in [0.3, 0.4) is 0 Å². The maximum absolute atomic E-state index is 13.3. The predicted octanol–water partition coefficient (Wildman–Crippen LogP) is 3.47. The molecule has 5 nitrogen and oxygen atoms in total. The highest BCUT2D eigenvalue weighted by molar-refractivity contribution is 6.33. The Bertz CT molecular complexity index is 1240. The number of Topliss-reactive ketones (excluding diaryl/α,β-unsaturated/α-hetero) is 1. The molecule has 0 aromatic heterocycles. The number of rotatable bonds is 8. The summed E-state index contributed by atoms with van der Waals surface area (Å²) in [6.07, 6.45) is 1.22. The van der Waals surface area contributed by atoms with Crippen molar-refractivity contribution in [2.45, 2.75) is 38.0 Å². The summed E-state index contributed by atoms with van der Waals surface area (Å²) in [5.74, 6) is -0.733. The minimum atomic E-state index is -0.631. The van der Waals surface area contributed by atoms with Crippen molar-refractivity contribution >= 4 is 25.0 Å². The largest absolute Gasteiger partial charge is 0.348 e. The Kier molecular flexibility index (Phi) is 8.26. The molecule has 0 saturated carbocycles. The van der Waals surface area contributed by atoms with Crippen LogP contribution in [-0.2, 0) is 15.0 Å². The molecule has 6 heteroatoms. The lowest BCUT2D eigenvalue weighted by molar-refractivity contribution is -0.126. The van der Waals surface area contributed by atoms with Crippen LogP contribution in [0, 0.1) is 25.2 Å². The van der Waals surface area contributed by atoms with Gasteiger partial charge in [-0.2, -0.15) is 5.26 Å². The van der Waals surface area contributed by atoms with E-state index in [1.165, 1.54) is 0 Å². The summed E-state index contributed by atoms with van der Waals surface area (Å²) < 4.78 is 0. The number of hydrogen-bond acceptors (Lipinski definition) is 4. The van der Waals surface area contributed by atoms with Crippen molar-refractivity contribution in [1.82, 2.24) is 10.2 Å². The van der Waals surface area contributed by atoms with Crippen molar-refractivity contribution in [2.24, 2.45) is 0 Å². The van der Waals surface area contributed by atoms with Gasteiger partial charge in [0.2, 0.25) is 5.91 Å². The van der Waals surface area contributed by atoms with E-state index in [0.29, 0.717) is 31.4 Å². The molecule has 1 N–H and O–H groups in total. The number of carbonyl (C=O) groups excluding carboxylic acids is 2. The normalized spacial score (nSPS) is 15.2. The van der Waals surface area contributed by atoms with E-state index in [0.717, 1.165) is 27.8 Å². The van der Waals surface area contributed by atoms with E-state index < -0.39 is 11.3 Å². The first-order chi connectivity index (χ1) is 17.8. The number of piperidine rings is 1. The van der Waals surface area contributed by atoms with Gasteiger partial charge in [0.1, 0.15) is 7.85 Å². The Morgan fingerprint density at radius 1 is 0.946 bits per heavy atom. The maximum Gasteiger partial charge on any atom is 0.232 e. The van der Waals surface area contributed by atoms with Gasteiger partial charge < -0.3 is 5.32 Å². The van der Waals surface area contributed by atoms with Gasteiger partial charge in [-0.1, -0.05) is 89.4 Å². The van der Waals surface area contributed by atoms with Gasteiger partial charge >= 0.3 is 0 Å². The molecule has 1 saturated heterocycles. The highest BCUT2D eigenvalue weighted by Crippen LogP contribution is 2.34. The molecule has 4 rings (SSSR count). The van der Waals surface area contributed by atoms with E-state index in [-0.39, 0.29) is 24.8 Å². The first-order valence-electron chi connectivity index (χ1n) is 12.7. The van der Waals surface area contributed by atoms with Crippen LogP contribution >= 0.6 is 0 Å². The van der Waals surface area contributed by atoms with E-state index >= 15 is 0 Å². The number of likely N-dealkylation sites (tertiary alicyclic amines) is 1. The van der Waals surface area contributed by atoms with E-state index in [2.05, 4.69) is 16.3 Å². The molecule has 0 unspecified atom stereocenters. The van der Waals surface area contributed by atoms with Crippen molar-refractivity contribution in [2.75, 3.05) is 26.2 Å². The third-order valence-corrected chi connectivity index (χ3v) is 7.34. The average molecular weight is 489 g/mol. The zero-order valence-corrected chi connectivity index (χ0v) is 21.5. The van der Waals surface area contributed by atoms with Crippen LogP contribution in [0.4, 0.5) is 0 Å². The molecule has 0 atom stereocenters. The number of nitriles is 1. The Morgan fingerprint density at radius 2 is 1.49 bits per heavy atom. The predicted molar refractivity (Wildman–Crippen MR) is 147 cm³/mol. The van der Waals surface area contributed by atoms with Gasteiger partial charge in [0, 0.05) is 13.1 Å². The van der Waals surface area contributed by atoms with Crippen LogP contribution in [0.1, 0.15) is 46.6 Å². The van der Waals surface area contributed by atoms with Crippen LogP contribution in [-0.4, -0.2) is 50.6 Å². The molecule has 0 aliphatic carbocycles. The smallest absolute Gasteiger partial charge is 0.232 e. The number of nitrogens with zero attached hydrogens (tertiary/aromatic N) is 2. The summed E-state index contributed by atoms with van der Waals surface area (Å²) in [7, 11) is 6.16. The van der Waals surface area contributed by atoms with Crippen LogP contribution in [0.25, 0.3) is 0 Å². The monoisotopic (exact) mass is 489 g/mol. The Morgan fingerprint density at radius 3 is 2.00 bits per heavy atom. The number of ketones is 1. The maximum atomic E-state index is 13.3. The van der Waals surface area contributed by atoms with Gasteiger partial charge in [0.25, 0.3) is 0 Å². The Hall–Kier alpha value is -3.69. The SMILES string of the molecule is [B]c1ccccc1C1(C#N)CCN(CC(=O)CNC(=O)C(c2ccc(C)cc2)c2ccc(C)cc2)CC1. The fourth-order valence-electron chi connectivity index (χ4n) is 5.07. The molecule has 1 fully saturated rings. The van der Waals surface area contributed by atoms with Gasteiger partial charge in [0.05, 0.1) is 30.5 Å². The van der Waals surface area contributed by atoms with E-state index in [1.807, 2.05) is 86.6 Å². The number of benzene rings is 3. The molecular formula is C31H32BN3O2. The van der Waals surface area contributed by atoms with Gasteiger partial charge in [-0.05, 0) is 43.4 Å². The first-order valence-corrected chi connectivity index (χ1v) is 12.7. The average Bonchev–Trinajstić information content (AvgIpc) is 2.91.